The van der Waals surface area contributed by atoms with Crippen LogP contribution >= 0.6 is 0 Å². The van der Waals surface area contributed by atoms with Crippen molar-refractivity contribution in [3.63, 3.8) is 0 Å². The lowest BCUT2D eigenvalue weighted by Crippen LogP contribution is -2.55. The van der Waals surface area contributed by atoms with Crippen molar-refractivity contribution in [1.82, 2.24) is 0 Å². The summed E-state index contributed by atoms with van der Waals surface area (Å²) in [5, 5.41) is 11.0. The average molecular weight is 300 g/mol. The molecule has 4 fully saturated rings. The highest BCUT2D eigenvalue weighted by atomic mass is 16.3. The minimum atomic E-state index is -0.840. The molecule has 0 heterocycles. The third-order valence-corrected chi connectivity index (χ3v) is 8.97. The van der Waals surface area contributed by atoms with E-state index in [0.717, 1.165) is 37.0 Å². The van der Waals surface area contributed by atoms with E-state index in [4.69, 9.17) is 6.42 Å². The standard InChI is InChI=1S/C21H32O/c1-4-21(22)14-11-18-16-9-8-15-7-5-6-12-19(15,2)17(16)10-13-20(18,21)3/h1,15-18,22H,5-14H2,2-3H3/t15-,16?,17?,18?,19+,20+,21+/m1/s1. The van der Waals surface area contributed by atoms with Gasteiger partial charge < -0.3 is 5.11 Å². The molecule has 3 unspecified atom stereocenters. The molecule has 0 aliphatic heterocycles. The van der Waals surface area contributed by atoms with Crippen LogP contribution in [-0.2, 0) is 0 Å². The van der Waals surface area contributed by atoms with Crippen LogP contribution in [0.1, 0.15) is 78.1 Å². The lowest BCUT2D eigenvalue weighted by molar-refractivity contribution is -0.134. The van der Waals surface area contributed by atoms with Gasteiger partial charge in [-0.15, -0.1) is 6.42 Å². The van der Waals surface area contributed by atoms with E-state index in [1.807, 2.05) is 0 Å². The first-order valence-corrected chi connectivity index (χ1v) is 9.65. The number of hydrogen-bond acceptors (Lipinski definition) is 1. The second kappa shape index (κ2) is 4.76. The van der Waals surface area contributed by atoms with Crippen molar-refractivity contribution in [3.05, 3.63) is 0 Å². The van der Waals surface area contributed by atoms with Crippen LogP contribution in [0.4, 0.5) is 0 Å². The smallest absolute Gasteiger partial charge is 0.130 e. The maximum absolute atomic E-state index is 11.0. The lowest BCUT2D eigenvalue weighted by atomic mass is 9.44. The third-order valence-electron chi connectivity index (χ3n) is 8.97. The average Bonchev–Trinajstić information content (AvgIpc) is 2.79. The summed E-state index contributed by atoms with van der Waals surface area (Å²) in [4.78, 5) is 0. The van der Waals surface area contributed by atoms with E-state index in [-0.39, 0.29) is 5.41 Å². The quantitative estimate of drug-likeness (QED) is 0.638. The fourth-order valence-corrected chi connectivity index (χ4v) is 7.55. The third kappa shape index (κ3) is 1.71. The molecule has 4 saturated carbocycles. The normalized spacial score (nSPS) is 57.4. The van der Waals surface area contributed by atoms with Crippen LogP contribution in [0.15, 0.2) is 0 Å². The van der Waals surface area contributed by atoms with Crippen molar-refractivity contribution in [2.45, 2.75) is 83.7 Å². The lowest BCUT2D eigenvalue weighted by Gasteiger charge is -2.60. The summed E-state index contributed by atoms with van der Waals surface area (Å²) in [7, 11) is 0. The summed E-state index contributed by atoms with van der Waals surface area (Å²) in [6.45, 7) is 4.91. The number of rotatable bonds is 0. The van der Waals surface area contributed by atoms with Crippen LogP contribution in [0.25, 0.3) is 0 Å². The zero-order chi connectivity index (χ0) is 15.6. The van der Waals surface area contributed by atoms with Gasteiger partial charge in [-0.1, -0.05) is 32.6 Å². The van der Waals surface area contributed by atoms with Gasteiger partial charge in [0.2, 0.25) is 0 Å². The molecule has 4 aliphatic rings. The van der Waals surface area contributed by atoms with Crippen LogP contribution in [0.5, 0.6) is 0 Å². The molecule has 0 saturated heterocycles. The SMILES string of the molecule is C#C[C@]1(O)CCC2C3CC[C@H]4CCCC[C@]4(C)C3CC[C@@]21C. The van der Waals surface area contributed by atoms with E-state index in [1.54, 1.807) is 0 Å². The Balaban J connectivity index is 1.67. The van der Waals surface area contributed by atoms with Gasteiger partial charge in [0.1, 0.15) is 5.60 Å². The number of fused-ring (bicyclic) bond motifs is 5. The van der Waals surface area contributed by atoms with Crippen LogP contribution < -0.4 is 0 Å². The summed E-state index contributed by atoms with van der Waals surface area (Å²) >= 11 is 0. The summed E-state index contributed by atoms with van der Waals surface area (Å²) in [5.74, 6) is 6.14. The van der Waals surface area contributed by atoms with E-state index in [1.165, 1.54) is 44.9 Å². The Morgan fingerprint density at radius 2 is 1.68 bits per heavy atom. The van der Waals surface area contributed by atoms with Gasteiger partial charge in [0, 0.05) is 5.41 Å². The molecular formula is C21H32O. The Bertz CT molecular complexity index is 505. The van der Waals surface area contributed by atoms with E-state index < -0.39 is 5.60 Å². The Morgan fingerprint density at radius 1 is 0.909 bits per heavy atom. The van der Waals surface area contributed by atoms with E-state index in [2.05, 4.69) is 19.8 Å². The van der Waals surface area contributed by atoms with Gasteiger partial charge in [0.05, 0.1) is 0 Å². The zero-order valence-corrected chi connectivity index (χ0v) is 14.4. The van der Waals surface area contributed by atoms with Crippen LogP contribution in [-0.4, -0.2) is 10.7 Å². The monoisotopic (exact) mass is 300 g/mol. The van der Waals surface area contributed by atoms with Gasteiger partial charge in [0.25, 0.3) is 0 Å². The maximum Gasteiger partial charge on any atom is 0.130 e. The van der Waals surface area contributed by atoms with Gasteiger partial charge in [-0.05, 0) is 80.5 Å². The van der Waals surface area contributed by atoms with Gasteiger partial charge >= 0.3 is 0 Å². The highest BCUT2D eigenvalue weighted by Gasteiger charge is 2.63. The summed E-state index contributed by atoms with van der Waals surface area (Å²) in [6, 6.07) is 0. The molecule has 4 rings (SSSR count). The molecule has 122 valence electrons. The number of terminal acetylenes is 1. The van der Waals surface area contributed by atoms with E-state index in [0.29, 0.717) is 11.3 Å². The Morgan fingerprint density at radius 3 is 2.45 bits per heavy atom. The molecule has 0 radical (unpaired) electrons. The second-order valence-corrected chi connectivity index (χ2v) is 9.40. The summed E-state index contributed by atoms with van der Waals surface area (Å²) in [5.41, 5.74) is -0.285. The fraction of sp³-hybridized carbons (Fsp3) is 0.905. The van der Waals surface area contributed by atoms with Crippen LogP contribution in [0, 0.1) is 46.8 Å². The molecule has 22 heavy (non-hydrogen) atoms. The second-order valence-electron chi connectivity index (χ2n) is 9.40. The molecule has 0 aromatic rings. The van der Waals surface area contributed by atoms with E-state index >= 15 is 0 Å². The van der Waals surface area contributed by atoms with Crippen molar-refractivity contribution < 1.29 is 5.11 Å². The highest BCUT2D eigenvalue weighted by Crippen LogP contribution is 2.68. The van der Waals surface area contributed by atoms with Crippen molar-refractivity contribution in [2.24, 2.45) is 34.5 Å². The molecule has 0 amide bonds. The summed E-state index contributed by atoms with van der Waals surface area (Å²) < 4.78 is 0. The van der Waals surface area contributed by atoms with Crippen molar-refractivity contribution in [3.8, 4) is 12.3 Å². The Kier molecular flexibility index (Phi) is 3.26. The van der Waals surface area contributed by atoms with Gasteiger partial charge in [-0.2, -0.15) is 0 Å². The van der Waals surface area contributed by atoms with Crippen molar-refractivity contribution in [1.29, 1.82) is 0 Å². The zero-order valence-electron chi connectivity index (χ0n) is 14.4. The predicted octanol–water partition coefficient (Wildman–Crippen LogP) is 4.78. The van der Waals surface area contributed by atoms with Gasteiger partial charge in [0.15, 0.2) is 0 Å². The van der Waals surface area contributed by atoms with Gasteiger partial charge in [-0.3, -0.25) is 0 Å². The van der Waals surface area contributed by atoms with Crippen LogP contribution in [0.3, 0.4) is 0 Å². The minimum Gasteiger partial charge on any atom is -0.377 e. The topological polar surface area (TPSA) is 20.2 Å². The Labute approximate surface area is 136 Å². The first-order chi connectivity index (χ1) is 10.4. The first-order valence-electron chi connectivity index (χ1n) is 9.65. The molecule has 1 heteroatoms. The molecular weight excluding hydrogens is 268 g/mol. The Hall–Kier alpha value is -0.480. The molecule has 7 atom stereocenters. The molecule has 1 N–H and O–H groups in total. The molecule has 4 aliphatic carbocycles. The predicted molar refractivity (Wildman–Crippen MR) is 90.1 cm³/mol. The fourth-order valence-electron chi connectivity index (χ4n) is 7.55. The van der Waals surface area contributed by atoms with Crippen molar-refractivity contribution in [2.75, 3.05) is 0 Å². The maximum atomic E-state index is 11.0. The van der Waals surface area contributed by atoms with Crippen molar-refractivity contribution >= 4 is 0 Å². The molecule has 1 nitrogen and oxygen atoms in total. The largest absolute Gasteiger partial charge is 0.377 e. The van der Waals surface area contributed by atoms with E-state index in [9.17, 15) is 5.11 Å². The molecule has 0 bridgehead atoms. The number of hydrogen-bond donors (Lipinski definition) is 1. The molecule has 0 aromatic heterocycles. The molecule has 0 spiro atoms. The van der Waals surface area contributed by atoms with Gasteiger partial charge in [-0.25, -0.2) is 0 Å². The summed E-state index contributed by atoms with van der Waals surface area (Å²) in [6.07, 6.45) is 18.8. The first kappa shape index (κ1) is 15.1. The number of aliphatic hydroxyl groups is 1. The minimum absolute atomic E-state index is 0.0270. The molecule has 0 aromatic carbocycles. The highest BCUT2D eigenvalue weighted by molar-refractivity contribution is 5.23. The van der Waals surface area contributed by atoms with Crippen LogP contribution in [0.2, 0.25) is 0 Å².